The summed E-state index contributed by atoms with van der Waals surface area (Å²) in [7, 11) is 1.45. The van der Waals surface area contributed by atoms with E-state index in [0.717, 1.165) is 4.88 Å². The molecule has 0 saturated carbocycles. The van der Waals surface area contributed by atoms with Crippen molar-refractivity contribution < 1.29 is 23.6 Å². The van der Waals surface area contributed by atoms with E-state index in [0.29, 0.717) is 39.7 Å². The minimum Gasteiger partial charge on any atom is -0.504 e. The number of hydrogen-bond donors (Lipinski definition) is 2. The number of hydrogen-bond acceptors (Lipinski definition) is 7. The number of carbonyl (C=O) groups is 1. The minimum atomic E-state index is -0.720. The van der Waals surface area contributed by atoms with Gasteiger partial charge in [-0.05, 0) is 60.7 Å². The molecule has 3 heterocycles. The summed E-state index contributed by atoms with van der Waals surface area (Å²) in [6.07, 6.45) is 0. The van der Waals surface area contributed by atoms with Gasteiger partial charge in [0.05, 0.1) is 29.3 Å². The number of methoxy groups -OCH3 is 1. The van der Waals surface area contributed by atoms with Gasteiger partial charge in [-0.25, -0.2) is 9.18 Å². The number of halogens is 1. The van der Waals surface area contributed by atoms with Crippen LogP contribution in [0.15, 0.2) is 64.1 Å². The lowest BCUT2D eigenvalue weighted by Gasteiger charge is -2.35. The zero-order valence-corrected chi connectivity index (χ0v) is 19.9. The molecule has 10 heteroatoms. The molecule has 0 fully saturated rings. The van der Waals surface area contributed by atoms with Gasteiger partial charge in [0.25, 0.3) is 5.89 Å². The van der Waals surface area contributed by atoms with Crippen molar-refractivity contribution in [2.75, 3.05) is 12.0 Å². The second-order valence-corrected chi connectivity index (χ2v) is 8.93. The minimum absolute atomic E-state index is 0.0795. The number of phenolic OH excluding ortho intramolecular Hbond substituents is 1. The van der Waals surface area contributed by atoms with E-state index in [2.05, 4.69) is 15.5 Å². The topological polar surface area (TPSA) is 101 Å². The Bertz CT molecular complexity index is 1450. The molecular formula is C25H21FN4O4S. The Labute approximate surface area is 204 Å². The number of aryl methyl sites for hydroxylation is 1. The summed E-state index contributed by atoms with van der Waals surface area (Å²) in [6.45, 7) is 3.39. The standard InChI is InChI=1S/C25H21FN4O4S/c1-13-6-8-16(12-17(13)26)30-14(2)21(24-28-23(29-34-24)20-5-4-10-35-20)22(27-25(30)32)15-7-9-19(33-3)18(31)11-15/h4-12,22,31H,1-3H3,(H,27,32). The fourth-order valence-corrected chi connectivity index (χ4v) is 4.68. The number of carbonyl (C=O) groups excluding carboxylic acids is 1. The molecule has 2 aromatic carbocycles. The lowest BCUT2D eigenvalue weighted by molar-refractivity contribution is 0.244. The molecule has 35 heavy (non-hydrogen) atoms. The Balaban J connectivity index is 1.67. The first-order valence-electron chi connectivity index (χ1n) is 10.7. The molecule has 1 unspecified atom stereocenters. The molecule has 0 bridgehead atoms. The Morgan fingerprint density at radius 1 is 1.20 bits per heavy atom. The average Bonchev–Trinajstić information content (AvgIpc) is 3.53. The number of aromatic nitrogens is 2. The Morgan fingerprint density at radius 3 is 2.71 bits per heavy atom. The molecule has 0 spiro atoms. The van der Waals surface area contributed by atoms with Crippen LogP contribution in [0.3, 0.4) is 0 Å². The molecular weight excluding hydrogens is 471 g/mol. The number of nitrogens with zero attached hydrogens (tertiary/aromatic N) is 3. The molecule has 8 nitrogen and oxygen atoms in total. The summed E-state index contributed by atoms with van der Waals surface area (Å²) in [5, 5.41) is 19.3. The second kappa shape index (κ2) is 8.88. The molecule has 178 valence electrons. The number of urea groups is 1. The highest BCUT2D eigenvalue weighted by Gasteiger charge is 2.37. The molecule has 4 aromatic rings. The predicted octanol–water partition coefficient (Wildman–Crippen LogP) is 5.66. The summed E-state index contributed by atoms with van der Waals surface area (Å²) in [4.78, 5) is 20.0. The fraction of sp³-hybridized carbons (Fsp3) is 0.160. The molecule has 0 radical (unpaired) electrons. The molecule has 2 amide bonds. The molecule has 5 rings (SSSR count). The number of aromatic hydroxyl groups is 1. The van der Waals surface area contributed by atoms with Crippen LogP contribution in [0.4, 0.5) is 14.9 Å². The SMILES string of the molecule is COc1ccc(C2NC(=O)N(c3ccc(C)c(F)c3)C(C)=C2c2nc(-c3cccs3)no2)cc1O. The predicted molar refractivity (Wildman–Crippen MR) is 130 cm³/mol. The van der Waals surface area contributed by atoms with Gasteiger partial charge in [0, 0.05) is 5.70 Å². The molecule has 1 aliphatic rings. The van der Waals surface area contributed by atoms with Gasteiger partial charge in [0.2, 0.25) is 5.82 Å². The van der Waals surface area contributed by atoms with E-state index in [4.69, 9.17) is 9.26 Å². The molecule has 1 atom stereocenters. The smallest absolute Gasteiger partial charge is 0.327 e. The van der Waals surface area contributed by atoms with Crippen molar-refractivity contribution in [2.45, 2.75) is 19.9 Å². The van der Waals surface area contributed by atoms with Gasteiger partial charge in [0.15, 0.2) is 11.5 Å². The largest absolute Gasteiger partial charge is 0.504 e. The molecule has 0 aliphatic carbocycles. The van der Waals surface area contributed by atoms with Gasteiger partial charge >= 0.3 is 6.03 Å². The third-order valence-corrected chi connectivity index (χ3v) is 6.70. The van der Waals surface area contributed by atoms with Gasteiger partial charge in [-0.15, -0.1) is 11.3 Å². The van der Waals surface area contributed by atoms with Crippen molar-refractivity contribution in [3.63, 3.8) is 0 Å². The maximum atomic E-state index is 14.4. The van der Waals surface area contributed by atoms with E-state index in [1.54, 1.807) is 38.1 Å². The fourth-order valence-electron chi connectivity index (χ4n) is 4.03. The lowest BCUT2D eigenvalue weighted by Crippen LogP contribution is -2.46. The number of ether oxygens (including phenoxy) is 1. The zero-order valence-electron chi connectivity index (χ0n) is 19.1. The highest BCUT2D eigenvalue weighted by molar-refractivity contribution is 7.13. The number of anilines is 1. The van der Waals surface area contributed by atoms with Gasteiger partial charge < -0.3 is 19.7 Å². The van der Waals surface area contributed by atoms with E-state index in [1.807, 2.05) is 17.5 Å². The Morgan fingerprint density at radius 2 is 2.03 bits per heavy atom. The van der Waals surface area contributed by atoms with Crippen LogP contribution in [0.2, 0.25) is 0 Å². The molecule has 1 aliphatic heterocycles. The van der Waals surface area contributed by atoms with E-state index in [9.17, 15) is 14.3 Å². The van der Waals surface area contributed by atoms with Crippen LogP contribution in [0.1, 0.15) is 30.0 Å². The van der Waals surface area contributed by atoms with Crippen LogP contribution < -0.4 is 15.0 Å². The quantitative estimate of drug-likeness (QED) is 0.373. The number of nitrogens with one attached hydrogen (secondary N) is 1. The van der Waals surface area contributed by atoms with Gasteiger partial charge in [-0.2, -0.15) is 4.98 Å². The highest BCUT2D eigenvalue weighted by Crippen LogP contribution is 2.41. The second-order valence-electron chi connectivity index (χ2n) is 7.98. The number of phenols is 1. The first-order valence-corrected chi connectivity index (χ1v) is 11.6. The van der Waals surface area contributed by atoms with E-state index >= 15 is 0 Å². The summed E-state index contributed by atoms with van der Waals surface area (Å²) >= 11 is 1.47. The monoisotopic (exact) mass is 492 g/mol. The first-order chi connectivity index (χ1) is 16.9. The zero-order chi connectivity index (χ0) is 24.7. The van der Waals surface area contributed by atoms with E-state index in [-0.39, 0.29) is 11.6 Å². The maximum Gasteiger partial charge on any atom is 0.327 e. The Kier molecular flexibility index (Phi) is 5.73. The summed E-state index contributed by atoms with van der Waals surface area (Å²) < 4.78 is 25.2. The van der Waals surface area contributed by atoms with Crippen molar-refractivity contribution in [2.24, 2.45) is 0 Å². The van der Waals surface area contributed by atoms with Crippen molar-refractivity contribution in [3.8, 4) is 22.2 Å². The highest BCUT2D eigenvalue weighted by atomic mass is 32.1. The normalized spacial score (nSPS) is 15.9. The number of allylic oxidation sites excluding steroid dienone is 1. The van der Waals surface area contributed by atoms with Crippen molar-refractivity contribution in [1.82, 2.24) is 15.5 Å². The van der Waals surface area contributed by atoms with Crippen LogP contribution in [0, 0.1) is 12.7 Å². The number of benzene rings is 2. The van der Waals surface area contributed by atoms with Crippen LogP contribution in [-0.2, 0) is 0 Å². The Hall–Kier alpha value is -4.18. The van der Waals surface area contributed by atoms with Crippen LogP contribution in [0.5, 0.6) is 11.5 Å². The average molecular weight is 493 g/mol. The lowest BCUT2D eigenvalue weighted by atomic mass is 9.94. The molecule has 2 N–H and O–H groups in total. The van der Waals surface area contributed by atoms with Gasteiger partial charge in [0.1, 0.15) is 5.82 Å². The summed E-state index contributed by atoms with van der Waals surface area (Å²) in [6, 6.07) is 12.0. The molecule has 2 aromatic heterocycles. The number of rotatable bonds is 5. The molecule has 0 saturated heterocycles. The van der Waals surface area contributed by atoms with Crippen LogP contribution in [-0.4, -0.2) is 28.4 Å². The van der Waals surface area contributed by atoms with Crippen LogP contribution in [0.25, 0.3) is 16.3 Å². The van der Waals surface area contributed by atoms with E-state index < -0.39 is 17.9 Å². The van der Waals surface area contributed by atoms with Crippen molar-refractivity contribution in [3.05, 3.63) is 82.4 Å². The summed E-state index contributed by atoms with van der Waals surface area (Å²) in [5.41, 5.74) is 2.41. The van der Waals surface area contributed by atoms with Crippen molar-refractivity contribution >= 4 is 28.6 Å². The van der Waals surface area contributed by atoms with Crippen molar-refractivity contribution in [1.29, 1.82) is 0 Å². The van der Waals surface area contributed by atoms with E-state index in [1.165, 1.54) is 35.5 Å². The van der Waals surface area contributed by atoms with Gasteiger partial charge in [-0.1, -0.05) is 23.4 Å². The van der Waals surface area contributed by atoms with Gasteiger partial charge in [-0.3, -0.25) is 4.90 Å². The third-order valence-electron chi connectivity index (χ3n) is 5.83. The number of amides is 2. The third kappa shape index (κ3) is 4.01. The first kappa shape index (κ1) is 22.6. The number of thiophene rings is 1. The maximum absolute atomic E-state index is 14.4. The summed E-state index contributed by atoms with van der Waals surface area (Å²) in [5.74, 6) is 0.404. The van der Waals surface area contributed by atoms with Crippen LogP contribution >= 0.6 is 11.3 Å².